The molecule has 20 heavy (non-hydrogen) atoms. The van der Waals surface area contributed by atoms with Crippen LogP contribution in [0.5, 0.6) is 0 Å². The van der Waals surface area contributed by atoms with E-state index in [1.807, 2.05) is 0 Å². The monoisotopic (exact) mass is 274 g/mol. The Kier molecular flexibility index (Phi) is 3.99. The molecule has 3 nitrogen and oxygen atoms in total. The maximum Gasteiger partial charge on any atom is 0.0613 e. The number of nitrogens with one attached hydrogen (secondary N) is 2. The molecular formula is C17H26N2O. The van der Waals surface area contributed by atoms with Gasteiger partial charge >= 0.3 is 0 Å². The summed E-state index contributed by atoms with van der Waals surface area (Å²) in [6.45, 7) is 4.47. The normalized spacial score (nSPS) is 29.0. The van der Waals surface area contributed by atoms with Gasteiger partial charge in [0.15, 0.2) is 0 Å². The first-order valence-electron chi connectivity index (χ1n) is 7.93. The first kappa shape index (κ1) is 13.9. The molecule has 0 unspecified atom stereocenters. The van der Waals surface area contributed by atoms with Crippen molar-refractivity contribution in [1.29, 1.82) is 0 Å². The van der Waals surface area contributed by atoms with Crippen LogP contribution in [0.25, 0.3) is 0 Å². The fourth-order valence-corrected chi connectivity index (χ4v) is 3.55. The molecule has 110 valence electrons. The molecule has 1 aromatic rings. The summed E-state index contributed by atoms with van der Waals surface area (Å²) in [5, 5.41) is 17.0. The first-order chi connectivity index (χ1) is 9.72. The smallest absolute Gasteiger partial charge is 0.0613 e. The van der Waals surface area contributed by atoms with Crippen LogP contribution in [0.1, 0.15) is 43.7 Å². The first-order valence-corrected chi connectivity index (χ1v) is 7.93. The number of hydrogen-bond acceptors (Lipinski definition) is 3. The van der Waals surface area contributed by atoms with Crippen molar-refractivity contribution < 1.29 is 5.11 Å². The lowest BCUT2D eigenvalue weighted by atomic mass is 9.77. The van der Waals surface area contributed by atoms with Gasteiger partial charge in [0.1, 0.15) is 0 Å². The maximum absolute atomic E-state index is 9.82. The van der Waals surface area contributed by atoms with E-state index in [1.54, 1.807) is 0 Å². The molecule has 1 saturated carbocycles. The Labute approximate surface area is 121 Å². The van der Waals surface area contributed by atoms with Gasteiger partial charge in [-0.2, -0.15) is 0 Å². The Morgan fingerprint density at radius 1 is 1.35 bits per heavy atom. The Hall–Kier alpha value is -1.06. The van der Waals surface area contributed by atoms with E-state index < -0.39 is 0 Å². The molecule has 0 spiro atoms. The van der Waals surface area contributed by atoms with Gasteiger partial charge in [0.2, 0.25) is 0 Å². The fourth-order valence-electron chi connectivity index (χ4n) is 3.55. The van der Waals surface area contributed by atoms with Crippen LogP contribution in [0.15, 0.2) is 18.2 Å². The zero-order valence-corrected chi connectivity index (χ0v) is 12.4. The summed E-state index contributed by atoms with van der Waals surface area (Å²) in [7, 11) is 0. The van der Waals surface area contributed by atoms with E-state index in [-0.39, 0.29) is 12.1 Å². The lowest BCUT2D eigenvalue weighted by Gasteiger charge is -2.39. The van der Waals surface area contributed by atoms with Crippen LogP contribution >= 0.6 is 0 Å². The standard InChI is InChI=1S/C17H26N2O/c1-13-5-8-17(12-20,9-6-13)19-11-15-4-2-3-14-7-10-18-16(14)15/h2-4,13,18-20H,5-12H2,1H3. The summed E-state index contributed by atoms with van der Waals surface area (Å²) < 4.78 is 0. The van der Waals surface area contributed by atoms with E-state index >= 15 is 0 Å². The number of aliphatic hydroxyl groups excluding tert-OH is 1. The van der Waals surface area contributed by atoms with Crippen LogP contribution in [0.4, 0.5) is 5.69 Å². The van der Waals surface area contributed by atoms with Crippen LogP contribution in [0.3, 0.4) is 0 Å². The summed E-state index contributed by atoms with van der Waals surface area (Å²) in [6, 6.07) is 6.56. The highest BCUT2D eigenvalue weighted by atomic mass is 16.3. The van der Waals surface area contributed by atoms with Crippen LogP contribution in [0, 0.1) is 5.92 Å². The Bertz CT molecular complexity index is 464. The van der Waals surface area contributed by atoms with Crippen molar-refractivity contribution in [2.75, 3.05) is 18.5 Å². The minimum atomic E-state index is -0.0617. The van der Waals surface area contributed by atoms with Crippen molar-refractivity contribution in [2.24, 2.45) is 5.92 Å². The van der Waals surface area contributed by atoms with Gasteiger partial charge in [-0.25, -0.2) is 0 Å². The fraction of sp³-hybridized carbons (Fsp3) is 0.647. The average molecular weight is 274 g/mol. The lowest BCUT2D eigenvalue weighted by Crippen LogP contribution is -2.50. The average Bonchev–Trinajstić information content (AvgIpc) is 2.96. The van der Waals surface area contributed by atoms with Crippen LogP contribution < -0.4 is 10.6 Å². The number of fused-ring (bicyclic) bond motifs is 1. The second-order valence-electron chi connectivity index (χ2n) is 6.60. The van der Waals surface area contributed by atoms with E-state index in [0.29, 0.717) is 0 Å². The molecule has 3 heteroatoms. The van der Waals surface area contributed by atoms with Gasteiger partial charge in [0.25, 0.3) is 0 Å². The summed E-state index contributed by atoms with van der Waals surface area (Å²) in [6.07, 6.45) is 5.75. The van der Waals surface area contributed by atoms with E-state index in [4.69, 9.17) is 0 Å². The number of para-hydroxylation sites is 1. The predicted octanol–water partition coefficient (Wildman–Crippen LogP) is 2.69. The van der Waals surface area contributed by atoms with Crippen LogP contribution in [-0.4, -0.2) is 23.8 Å². The molecule has 0 radical (unpaired) electrons. The predicted molar refractivity (Wildman–Crippen MR) is 82.9 cm³/mol. The number of aliphatic hydroxyl groups is 1. The van der Waals surface area contributed by atoms with Crippen molar-refractivity contribution in [3.63, 3.8) is 0 Å². The van der Waals surface area contributed by atoms with Gasteiger partial charge in [-0.15, -0.1) is 0 Å². The van der Waals surface area contributed by atoms with E-state index in [1.165, 1.54) is 29.7 Å². The van der Waals surface area contributed by atoms with E-state index in [2.05, 4.69) is 35.8 Å². The van der Waals surface area contributed by atoms with Gasteiger partial charge in [0.05, 0.1) is 6.61 Å². The molecule has 3 N–H and O–H groups in total. The maximum atomic E-state index is 9.82. The molecule has 2 aliphatic rings. The molecule has 0 bridgehead atoms. The molecular weight excluding hydrogens is 248 g/mol. The molecule has 0 saturated heterocycles. The molecule has 1 aliphatic heterocycles. The highest BCUT2D eigenvalue weighted by Gasteiger charge is 2.33. The van der Waals surface area contributed by atoms with Gasteiger partial charge in [0, 0.05) is 24.3 Å². The molecule has 1 heterocycles. The number of benzene rings is 1. The SMILES string of the molecule is CC1CCC(CO)(NCc2cccc3c2NCC3)CC1. The third-order valence-electron chi connectivity index (χ3n) is 5.12. The van der Waals surface area contributed by atoms with Crippen molar-refractivity contribution in [3.8, 4) is 0 Å². The van der Waals surface area contributed by atoms with Crippen molar-refractivity contribution in [2.45, 2.75) is 51.1 Å². The molecule has 0 amide bonds. The Morgan fingerprint density at radius 2 is 2.15 bits per heavy atom. The minimum Gasteiger partial charge on any atom is -0.394 e. The molecule has 1 fully saturated rings. The zero-order chi connectivity index (χ0) is 14.0. The highest BCUT2D eigenvalue weighted by molar-refractivity contribution is 5.61. The summed E-state index contributed by atoms with van der Waals surface area (Å²) in [4.78, 5) is 0. The highest BCUT2D eigenvalue weighted by Crippen LogP contribution is 2.33. The molecule has 3 rings (SSSR count). The Balaban J connectivity index is 1.68. The zero-order valence-electron chi connectivity index (χ0n) is 12.4. The number of rotatable bonds is 4. The molecule has 0 aromatic heterocycles. The summed E-state index contributed by atoms with van der Waals surface area (Å²) in [5.74, 6) is 0.805. The lowest BCUT2D eigenvalue weighted by molar-refractivity contribution is 0.104. The largest absolute Gasteiger partial charge is 0.394 e. The van der Waals surface area contributed by atoms with Gasteiger partial charge in [-0.1, -0.05) is 25.1 Å². The third-order valence-corrected chi connectivity index (χ3v) is 5.12. The van der Waals surface area contributed by atoms with Crippen LogP contribution in [0.2, 0.25) is 0 Å². The third kappa shape index (κ3) is 2.70. The van der Waals surface area contributed by atoms with E-state index in [0.717, 1.165) is 38.3 Å². The summed E-state index contributed by atoms with van der Waals surface area (Å²) >= 11 is 0. The second kappa shape index (κ2) is 5.74. The minimum absolute atomic E-state index is 0.0617. The summed E-state index contributed by atoms with van der Waals surface area (Å²) in [5.41, 5.74) is 4.02. The molecule has 1 aromatic carbocycles. The quantitative estimate of drug-likeness (QED) is 0.791. The second-order valence-corrected chi connectivity index (χ2v) is 6.60. The number of hydrogen-bond donors (Lipinski definition) is 3. The van der Waals surface area contributed by atoms with Crippen molar-refractivity contribution >= 4 is 5.69 Å². The van der Waals surface area contributed by atoms with Gasteiger partial charge in [-0.05, 0) is 49.1 Å². The molecule has 1 aliphatic carbocycles. The number of anilines is 1. The Morgan fingerprint density at radius 3 is 2.90 bits per heavy atom. The van der Waals surface area contributed by atoms with Gasteiger partial charge < -0.3 is 15.7 Å². The van der Waals surface area contributed by atoms with Crippen LogP contribution in [-0.2, 0) is 13.0 Å². The van der Waals surface area contributed by atoms with E-state index in [9.17, 15) is 5.11 Å². The molecule has 0 atom stereocenters. The van der Waals surface area contributed by atoms with Crippen molar-refractivity contribution in [3.05, 3.63) is 29.3 Å². The topological polar surface area (TPSA) is 44.3 Å². The van der Waals surface area contributed by atoms with Gasteiger partial charge in [-0.3, -0.25) is 0 Å². The van der Waals surface area contributed by atoms with Crippen molar-refractivity contribution in [1.82, 2.24) is 5.32 Å².